The van der Waals surface area contributed by atoms with Gasteiger partial charge in [0.1, 0.15) is 0 Å². The van der Waals surface area contributed by atoms with Gasteiger partial charge < -0.3 is 5.32 Å². The van der Waals surface area contributed by atoms with Crippen LogP contribution in [0.3, 0.4) is 0 Å². The average Bonchev–Trinajstić information content (AvgIpc) is 3.17. The lowest BCUT2D eigenvalue weighted by Crippen LogP contribution is -2.28. The molecule has 0 aliphatic heterocycles. The van der Waals surface area contributed by atoms with Crippen molar-refractivity contribution in [2.75, 3.05) is 20.6 Å². The summed E-state index contributed by atoms with van der Waals surface area (Å²) in [6, 6.07) is 4.69. The zero-order valence-corrected chi connectivity index (χ0v) is 17.1. The van der Waals surface area contributed by atoms with Crippen LogP contribution in [0.1, 0.15) is 42.5 Å². The summed E-state index contributed by atoms with van der Waals surface area (Å²) in [5, 5.41) is 2.95. The van der Waals surface area contributed by atoms with Gasteiger partial charge in [-0.25, -0.2) is 12.7 Å². The predicted octanol–water partition coefficient (Wildman–Crippen LogP) is 3.26. The van der Waals surface area contributed by atoms with Crippen LogP contribution in [-0.4, -0.2) is 39.3 Å². The summed E-state index contributed by atoms with van der Waals surface area (Å²) in [5.74, 6) is 2.29. The van der Waals surface area contributed by atoms with E-state index >= 15 is 0 Å². The van der Waals surface area contributed by atoms with Crippen LogP contribution >= 0.6 is 15.9 Å². The van der Waals surface area contributed by atoms with Gasteiger partial charge >= 0.3 is 0 Å². The predicted molar refractivity (Wildman–Crippen MR) is 101 cm³/mol. The molecule has 3 atom stereocenters. The van der Waals surface area contributed by atoms with Crippen molar-refractivity contribution in [1.29, 1.82) is 0 Å². The molecule has 7 heteroatoms. The third-order valence-corrected chi connectivity index (χ3v) is 8.45. The molecule has 2 aliphatic rings. The number of nitrogens with one attached hydrogen (secondary N) is 1. The summed E-state index contributed by atoms with van der Waals surface area (Å²) in [6.45, 7) is 0.651. The van der Waals surface area contributed by atoms with E-state index in [-0.39, 0.29) is 10.8 Å². The summed E-state index contributed by atoms with van der Waals surface area (Å²) in [4.78, 5) is 12.5. The van der Waals surface area contributed by atoms with Gasteiger partial charge in [-0.1, -0.05) is 6.42 Å². The maximum Gasteiger partial charge on any atom is 0.251 e. The molecule has 1 amide bonds. The SMILES string of the molecule is CN(C)S(=O)(=O)c1cc(C(=O)NCCC2CC3CCC2C3)ccc1Br. The number of carbonyl (C=O) groups is 1. The van der Waals surface area contributed by atoms with E-state index in [2.05, 4.69) is 21.2 Å². The van der Waals surface area contributed by atoms with E-state index in [1.165, 1.54) is 45.8 Å². The standard InChI is InChI=1S/C18H25BrN2O3S/c1-21(2)25(23,24)17-11-15(5-6-16(17)19)18(22)20-8-7-14-10-12-3-4-13(14)9-12/h5-6,11-14H,3-4,7-10H2,1-2H3,(H,20,22). The molecule has 25 heavy (non-hydrogen) atoms. The van der Waals surface area contributed by atoms with Crippen molar-refractivity contribution in [3.05, 3.63) is 28.2 Å². The van der Waals surface area contributed by atoms with Crippen molar-refractivity contribution in [3.8, 4) is 0 Å². The summed E-state index contributed by atoms with van der Waals surface area (Å²) >= 11 is 3.26. The number of benzene rings is 1. The minimum atomic E-state index is -3.60. The highest BCUT2D eigenvalue weighted by atomic mass is 79.9. The quantitative estimate of drug-likeness (QED) is 0.755. The molecule has 0 saturated heterocycles. The molecule has 5 nitrogen and oxygen atoms in total. The van der Waals surface area contributed by atoms with E-state index in [4.69, 9.17) is 0 Å². The molecule has 0 heterocycles. The molecule has 2 saturated carbocycles. The van der Waals surface area contributed by atoms with Crippen LogP contribution in [0.5, 0.6) is 0 Å². The fourth-order valence-electron chi connectivity index (χ4n) is 4.24. The molecule has 1 N–H and O–H groups in total. The van der Waals surface area contributed by atoms with Gasteiger partial charge in [0.2, 0.25) is 10.0 Å². The van der Waals surface area contributed by atoms with Crippen molar-refractivity contribution in [3.63, 3.8) is 0 Å². The Morgan fingerprint density at radius 3 is 2.64 bits per heavy atom. The molecule has 0 radical (unpaired) electrons. The van der Waals surface area contributed by atoms with Gasteiger partial charge in [-0.05, 0) is 77.6 Å². The Labute approximate surface area is 158 Å². The molecule has 2 bridgehead atoms. The normalized spacial score (nSPS) is 25.5. The molecule has 0 spiro atoms. The Hall–Kier alpha value is -0.920. The second kappa shape index (κ2) is 7.37. The highest BCUT2D eigenvalue weighted by molar-refractivity contribution is 9.10. The number of nitrogens with zero attached hydrogens (tertiary/aromatic N) is 1. The minimum Gasteiger partial charge on any atom is -0.352 e. The summed E-state index contributed by atoms with van der Waals surface area (Å²) in [6.07, 6.45) is 6.44. The zero-order chi connectivity index (χ0) is 18.2. The Bertz CT molecular complexity index is 764. The van der Waals surface area contributed by atoms with Crippen LogP contribution in [-0.2, 0) is 10.0 Å². The van der Waals surface area contributed by atoms with E-state index in [0.29, 0.717) is 16.6 Å². The molecule has 138 valence electrons. The maximum atomic E-state index is 12.4. The number of hydrogen-bond acceptors (Lipinski definition) is 3. The topological polar surface area (TPSA) is 66.5 Å². The first-order valence-electron chi connectivity index (χ1n) is 8.79. The van der Waals surface area contributed by atoms with E-state index in [1.54, 1.807) is 12.1 Å². The summed E-state index contributed by atoms with van der Waals surface area (Å²) < 4.78 is 26.3. The lowest BCUT2D eigenvalue weighted by atomic mass is 9.86. The Morgan fingerprint density at radius 1 is 1.28 bits per heavy atom. The number of amides is 1. The molecule has 1 aromatic carbocycles. The van der Waals surface area contributed by atoms with Crippen molar-refractivity contribution >= 4 is 31.9 Å². The number of hydrogen-bond donors (Lipinski definition) is 1. The second-order valence-corrected chi connectivity index (χ2v) is 10.4. The lowest BCUT2D eigenvalue weighted by molar-refractivity contribution is 0.0949. The van der Waals surface area contributed by atoms with Gasteiger partial charge in [0, 0.05) is 30.7 Å². The van der Waals surface area contributed by atoms with Gasteiger partial charge in [-0.2, -0.15) is 0 Å². The first kappa shape index (κ1) is 18.9. The summed E-state index contributed by atoms with van der Waals surface area (Å²) in [7, 11) is -0.644. The lowest BCUT2D eigenvalue weighted by Gasteiger charge is -2.21. The van der Waals surface area contributed by atoms with Crippen molar-refractivity contribution in [1.82, 2.24) is 9.62 Å². The van der Waals surface area contributed by atoms with E-state index in [9.17, 15) is 13.2 Å². The molecule has 0 aromatic heterocycles. The van der Waals surface area contributed by atoms with Crippen molar-refractivity contribution < 1.29 is 13.2 Å². The van der Waals surface area contributed by atoms with Gasteiger partial charge in [0.15, 0.2) is 0 Å². The highest BCUT2D eigenvalue weighted by Crippen LogP contribution is 2.49. The number of halogens is 1. The molecule has 3 rings (SSSR count). The van der Waals surface area contributed by atoms with Crippen LogP contribution in [0, 0.1) is 17.8 Å². The number of sulfonamides is 1. The number of carbonyl (C=O) groups excluding carboxylic acids is 1. The van der Waals surface area contributed by atoms with Gasteiger partial charge in [0.25, 0.3) is 5.91 Å². The Balaban J connectivity index is 1.62. The van der Waals surface area contributed by atoms with Gasteiger partial charge in [0.05, 0.1) is 4.90 Å². The third kappa shape index (κ3) is 3.93. The van der Waals surface area contributed by atoms with Crippen LogP contribution in [0.2, 0.25) is 0 Å². The van der Waals surface area contributed by atoms with Crippen LogP contribution in [0.4, 0.5) is 0 Å². The van der Waals surface area contributed by atoms with E-state index < -0.39 is 10.0 Å². The van der Waals surface area contributed by atoms with Gasteiger partial charge in [-0.15, -0.1) is 0 Å². The van der Waals surface area contributed by atoms with Crippen molar-refractivity contribution in [2.24, 2.45) is 17.8 Å². The van der Waals surface area contributed by atoms with E-state index in [0.717, 1.165) is 28.5 Å². The molecule has 2 fully saturated rings. The molecule has 1 aromatic rings. The van der Waals surface area contributed by atoms with Crippen LogP contribution in [0.15, 0.2) is 27.6 Å². The first-order chi connectivity index (χ1) is 11.8. The smallest absolute Gasteiger partial charge is 0.251 e. The van der Waals surface area contributed by atoms with Crippen molar-refractivity contribution in [2.45, 2.75) is 37.0 Å². The maximum absolute atomic E-state index is 12.4. The second-order valence-electron chi connectivity index (χ2n) is 7.41. The third-order valence-electron chi connectivity index (χ3n) is 5.64. The molecular formula is C18H25BrN2O3S. The van der Waals surface area contributed by atoms with Gasteiger partial charge in [-0.3, -0.25) is 4.79 Å². The Kier molecular flexibility index (Phi) is 5.56. The van der Waals surface area contributed by atoms with E-state index in [1.807, 2.05) is 0 Å². The highest BCUT2D eigenvalue weighted by Gasteiger charge is 2.38. The molecule has 2 aliphatic carbocycles. The number of fused-ring (bicyclic) bond motifs is 2. The average molecular weight is 429 g/mol. The fraction of sp³-hybridized carbons (Fsp3) is 0.611. The molecule has 3 unspecified atom stereocenters. The van der Waals surface area contributed by atoms with Crippen LogP contribution < -0.4 is 5.32 Å². The largest absolute Gasteiger partial charge is 0.352 e. The van der Waals surface area contributed by atoms with Crippen LogP contribution in [0.25, 0.3) is 0 Å². The fourth-order valence-corrected chi connectivity index (χ4v) is 6.09. The Morgan fingerprint density at radius 2 is 2.04 bits per heavy atom. The minimum absolute atomic E-state index is 0.109. The number of rotatable bonds is 6. The summed E-state index contributed by atoms with van der Waals surface area (Å²) in [5.41, 5.74) is 0.372. The first-order valence-corrected chi connectivity index (χ1v) is 11.0. The zero-order valence-electron chi connectivity index (χ0n) is 14.7. The monoisotopic (exact) mass is 428 g/mol. The molecular weight excluding hydrogens is 404 g/mol.